The molecule has 1 aliphatic rings. The zero-order valence-electron chi connectivity index (χ0n) is 19.8. The van der Waals surface area contributed by atoms with Crippen LogP contribution in [0, 0.1) is 13.8 Å². The van der Waals surface area contributed by atoms with Crippen molar-refractivity contribution in [1.82, 2.24) is 4.31 Å². The Bertz CT molecular complexity index is 1330. The number of nitrogens with zero attached hydrogens (tertiary/aromatic N) is 1. The molecule has 4 rings (SSSR count). The summed E-state index contributed by atoms with van der Waals surface area (Å²) in [6, 6.07) is 22.5. The molecular formula is C27H31NO4S2. The third-order valence-electron chi connectivity index (χ3n) is 6.63. The first-order chi connectivity index (χ1) is 16.1. The molecule has 3 atom stereocenters. The molecule has 34 heavy (non-hydrogen) atoms. The molecule has 1 heterocycles. The summed E-state index contributed by atoms with van der Waals surface area (Å²) >= 11 is 0. The van der Waals surface area contributed by atoms with Crippen LogP contribution in [-0.2, 0) is 26.3 Å². The van der Waals surface area contributed by atoms with Gasteiger partial charge in [0.1, 0.15) is 0 Å². The van der Waals surface area contributed by atoms with E-state index in [1.165, 1.54) is 0 Å². The number of sulfone groups is 1. The van der Waals surface area contributed by atoms with Crippen LogP contribution in [-0.4, -0.2) is 38.5 Å². The molecule has 1 fully saturated rings. The third-order valence-corrected chi connectivity index (χ3v) is 10.9. The Kier molecular flexibility index (Phi) is 6.99. The van der Waals surface area contributed by atoms with Crippen LogP contribution in [0.4, 0.5) is 0 Å². The number of piperidine rings is 1. The molecule has 0 amide bonds. The van der Waals surface area contributed by atoms with Gasteiger partial charge >= 0.3 is 0 Å². The van der Waals surface area contributed by atoms with Crippen molar-refractivity contribution in [2.75, 3.05) is 0 Å². The maximum atomic E-state index is 13.7. The lowest BCUT2D eigenvalue weighted by Gasteiger charge is -2.42. The van der Waals surface area contributed by atoms with Crippen molar-refractivity contribution in [2.45, 2.75) is 67.2 Å². The molecule has 0 aliphatic carbocycles. The van der Waals surface area contributed by atoms with E-state index in [9.17, 15) is 16.8 Å². The van der Waals surface area contributed by atoms with Crippen molar-refractivity contribution in [1.29, 1.82) is 0 Å². The number of benzene rings is 3. The molecule has 0 bridgehead atoms. The molecule has 0 saturated carbocycles. The normalized spacial score (nSPS) is 21.9. The van der Waals surface area contributed by atoms with E-state index in [1.54, 1.807) is 52.8 Å². The van der Waals surface area contributed by atoms with Gasteiger partial charge in [-0.05, 0) is 69.9 Å². The summed E-state index contributed by atoms with van der Waals surface area (Å²) in [7, 11) is -7.40. The monoisotopic (exact) mass is 497 g/mol. The maximum absolute atomic E-state index is 13.7. The van der Waals surface area contributed by atoms with Gasteiger partial charge in [-0.25, -0.2) is 16.8 Å². The molecule has 0 N–H and O–H groups in total. The second-order valence-corrected chi connectivity index (χ2v) is 13.4. The summed E-state index contributed by atoms with van der Waals surface area (Å²) in [5, 5.41) is -0.650. The lowest BCUT2D eigenvalue weighted by atomic mass is 9.94. The van der Waals surface area contributed by atoms with Gasteiger partial charge in [-0.1, -0.05) is 65.7 Å². The van der Waals surface area contributed by atoms with Crippen LogP contribution < -0.4 is 0 Å². The largest absolute Gasteiger partial charge is 0.243 e. The number of hydrogen-bond acceptors (Lipinski definition) is 4. The molecule has 7 heteroatoms. The molecular weight excluding hydrogens is 466 g/mol. The maximum Gasteiger partial charge on any atom is 0.243 e. The highest BCUT2D eigenvalue weighted by Gasteiger charge is 2.45. The van der Waals surface area contributed by atoms with Crippen molar-refractivity contribution in [3.63, 3.8) is 0 Å². The summed E-state index contributed by atoms with van der Waals surface area (Å²) in [6.45, 7) is 5.65. The first-order valence-corrected chi connectivity index (χ1v) is 14.5. The van der Waals surface area contributed by atoms with Gasteiger partial charge in [-0.15, -0.1) is 0 Å². The molecule has 0 spiro atoms. The van der Waals surface area contributed by atoms with Gasteiger partial charge < -0.3 is 0 Å². The first kappa shape index (κ1) is 24.6. The SMILES string of the molecule is Cc1ccc(S(=O)(=O)[C@H]2C[C@H](Cc3ccccc3)N(S(=O)(=O)c3ccc(C)cc3)[C@@H](C)C2)cc1. The van der Waals surface area contributed by atoms with Crippen LogP contribution in [0.3, 0.4) is 0 Å². The Morgan fingerprint density at radius 3 is 1.82 bits per heavy atom. The Labute approximate surface area is 203 Å². The van der Waals surface area contributed by atoms with E-state index in [-0.39, 0.29) is 17.7 Å². The van der Waals surface area contributed by atoms with Crippen LogP contribution in [0.2, 0.25) is 0 Å². The van der Waals surface area contributed by atoms with Crippen molar-refractivity contribution in [2.24, 2.45) is 0 Å². The molecule has 3 aromatic rings. The topological polar surface area (TPSA) is 71.5 Å². The van der Waals surface area contributed by atoms with Crippen molar-refractivity contribution < 1.29 is 16.8 Å². The Hall–Kier alpha value is -2.48. The van der Waals surface area contributed by atoms with Crippen molar-refractivity contribution in [3.8, 4) is 0 Å². The second kappa shape index (κ2) is 9.64. The van der Waals surface area contributed by atoms with Crippen molar-refractivity contribution in [3.05, 3.63) is 95.6 Å². The molecule has 5 nitrogen and oxygen atoms in total. The highest BCUT2D eigenvalue weighted by molar-refractivity contribution is 7.92. The van der Waals surface area contributed by atoms with Crippen molar-refractivity contribution >= 4 is 19.9 Å². The molecule has 0 aromatic heterocycles. The molecule has 0 radical (unpaired) electrons. The molecule has 1 saturated heterocycles. The van der Waals surface area contributed by atoms with E-state index in [4.69, 9.17) is 0 Å². The smallest absolute Gasteiger partial charge is 0.223 e. The molecule has 180 valence electrons. The average Bonchev–Trinajstić information content (AvgIpc) is 2.80. The Morgan fingerprint density at radius 2 is 1.26 bits per heavy atom. The number of rotatable bonds is 6. The van der Waals surface area contributed by atoms with Gasteiger partial charge in [0.15, 0.2) is 9.84 Å². The van der Waals surface area contributed by atoms with E-state index in [1.807, 2.05) is 51.1 Å². The predicted molar refractivity (Wildman–Crippen MR) is 135 cm³/mol. The minimum Gasteiger partial charge on any atom is -0.223 e. The summed E-state index contributed by atoms with van der Waals surface area (Å²) in [5.74, 6) is 0. The summed E-state index contributed by atoms with van der Waals surface area (Å²) in [5.41, 5.74) is 2.96. The zero-order valence-corrected chi connectivity index (χ0v) is 21.4. The van der Waals surface area contributed by atoms with Crippen LogP contribution in [0.15, 0.2) is 88.7 Å². The Morgan fingerprint density at radius 1 is 0.735 bits per heavy atom. The molecule has 0 unspecified atom stereocenters. The highest BCUT2D eigenvalue weighted by Crippen LogP contribution is 2.36. The number of sulfonamides is 1. The lowest BCUT2D eigenvalue weighted by molar-refractivity contribution is 0.192. The summed E-state index contributed by atoms with van der Waals surface area (Å²) in [6.07, 6.45) is 0.962. The van der Waals surface area contributed by atoms with Crippen LogP contribution in [0.1, 0.15) is 36.5 Å². The van der Waals surface area contributed by atoms with E-state index in [2.05, 4.69) is 0 Å². The van der Waals surface area contributed by atoms with Gasteiger partial charge in [0, 0.05) is 12.1 Å². The van der Waals surface area contributed by atoms with E-state index < -0.39 is 37.2 Å². The van der Waals surface area contributed by atoms with Gasteiger partial charge in [-0.3, -0.25) is 0 Å². The van der Waals surface area contributed by atoms with Crippen LogP contribution >= 0.6 is 0 Å². The standard InChI is InChI=1S/C27H31NO4S2/c1-20-9-13-25(14-10-20)33(29,30)27-17-22(3)28(24(19-27)18-23-7-5-4-6-8-23)34(31,32)26-15-11-21(2)12-16-26/h4-16,22,24,27H,17-19H2,1-3H3/t22-,24-,27+/m0/s1. The van der Waals surface area contributed by atoms with Gasteiger partial charge in [0.25, 0.3) is 0 Å². The Balaban J connectivity index is 1.72. The van der Waals surface area contributed by atoms with Gasteiger partial charge in [0.2, 0.25) is 10.0 Å². The summed E-state index contributed by atoms with van der Waals surface area (Å²) < 4.78 is 56.1. The first-order valence-electron chi connectivity index (χ1n) is 11.5. The third kappa shape index (κ3) is 4.97. The van der Waals surface area contributed by atoms with Gasteiger partial charge in [0.05, 0.1) is 15.0 Å². The fourth-order valence-electron chi connectivity index (χ4n) is 4.85. The number of aryl methyl sites for hydroxylation is 2. The minimum atomic E-state index is -3.80. The fourth-order valence-corrected chi connectivity index (χ4v) is 8.59. The second-order valence-electron chi connectivity index (χ2n) is 9.29. The van der Waals surface area contributed by atoms with Crippen LogP contribution in [0.25, 0.3) is 0 Å². The predicted octanol–water partition coefficient (Wildman–Crippen LogP) is 4.93. The summed E-state index contributed by atoms with van der Waals surface area (Å²) in [4.78, 5) is 0.534. The molecule has 1 aliphatic heterocycles. The van der Waals surface area contributed by atoms with E-state index in [0.29, 0.717) is 11.3 Å². The van der Waals surface area contributed by atoms with E-state index >= 15 is 0 Å². The highest BCUT2D eigenvalue weighted by atomic mass is 32.2. The lowest BCUT2D eigenvalue weighted by Crippen LogP contribution is -2.54. The van der Waals surface area contributed by atoms with Crippen LogP contribution in [0.5, 0.6) is 0 Å². The van der Waals surface area contributed by atoms with E-state index in [0.717, 1.165) is 16.7 Å². The quantitative estimate of drug-likeness (QED) is 0.484. The molecule has 3 aromatic carbocycles. The zero-order chi connectivity index (χ0) is 24.5. The number of hydrogen-bond donors (Lipinski definition) is 0. The average molecular weight is 498 g/mol. The van der Waals surface area contributed by atoms with Gasteiger partial charge in [-0.2, -0.15) is 4.31 Å². The minimum absolute atomic E-state index is 0.239. The fraction of sp³-hybridized carbons (Fsp3) is 0.333.